The van der Waals surface area contributed by atoms with E-state index >= 15 is 0 Å². The van der Waals surface area contributed by atoms with Crippen LogP contribution in [-0.2, 0) is 24.1 Å². The van der Waals surface area contributed by atoms with Crippen LogP contribution in [-0.4, -0.2) is 16.6 Å². The number of hydrogen-bond donors (Lipinski definition) is 1. The summed E-state index contributed by atoms with van der Waals surface area (Å²) in [4.78, 5) is 27.9. The van der Waals surface area contributed by atoms with E-state index in [0.717, 1.165) is 29.3 Å². The quantitative estimate of drug-likeness (QED) is 0.441. The molecule has 0 saturated carbocycles. The van der Waals surface area contributed by atoms with Gasteiger partial charge in [-0.15, -0.1) is 0 Å². The lowest BCUT2D eigenvalue weighted by Crippen LogP contribution is -2.16. The molecule has 3 aromatic rings. The van der Waals surface area contributed by atoms with Crippen LogP contribution in [0.3, 0.4) is 0 Å². The molecule has 1 aromatic heterocycles. The Hall–Kier alpha value is -2.68. The number of Topliss-reactive ketones (excluding diaryl/α,β-unsaturated/α-hetero) is 2. The summed E-state index contributed by atoms with van der Waals surface area (Å²) in [6, 6.07) is 13.7. The van der Waals surface area contributed by atoms with Gasteiger partial charge < -0.3 is 4.98 Å². The molecule has 3 nitrogen and oxygen atoms in total. The number of carbonyl (C=O) groups is 2. The zero-order chi connectivity index (χ0) is 20.5. The first-order valence-corrected chi connectivity index (χ1v) is 10.4. The van der Waals surface area contributed by atoms with Crippen LogP contribution in [0.4, 0.5) is 0 Å². The molecule has 0 atom stereocenters. The van der Waals surface area contributed by atoms with Gasteiger partial charge in [0.15, 0.2) is 0 Å². The van der Waals surface area contributed by atoms with Gasteiger partial charge in [0, 0.05) is 23.5 Å². The van der Waals surface area contributed by atoms with E-state index in [1.165, 1.54) is 24.0 Å². The number of aromatic nitrogens is 1. The Kier molecular flexibility index (Phi) is 8.19. The third-order valence-electron chi connectivity index (χ3n) is 4.61. The van der Waals surface area contributed by atoms with Gasteiger partial charge in [0.2, 0.25) is 11.6 Å². The van der Waals surface area contributed by atoms with E-state index in [0.29, 0.717) is 5.56 Å². The summed E-state index contributed by atoms with van der Waals surface area (Å²) in [6.45, 7) is 8.25. The van der Waals surface area contributed by atoms with E-state index in [1.54, 1.807) is 6.20 Å². The molecule has 0 fully saturated rings. The number of ketones is 2. The zero-order valence-electron chi connectivity index (χ0n) is 17.5. The average Bonchev–Trinajstić information content (AvgIpc) is 3.36. The van der Waals surface area contributed by atoms with Crippen molar-refractivity contribution in [3.05, 3.63) is 70.9 Å². The minimum absolute atomic E-state index is 0.172. The fraction of sp³-hybridized carbons (Fsp3) is 0.360. The van der Waals surface area contributed by atoms with Crippen LogP contribution in [0.25, 0.3) is 10.9 Å². The molecule has 1 N–H and O–H groups in total. The maximum absolute atomic E-state index is 12.5. The minimum Gasteiger partial charge on any atom is -0.360 e. The van der Waals surface area contributed by atoms with Crippen molar-refractivity contribution in [2.45, 2.75) is 59.8 Å². The van der Waals surface area contributed by atoms with E-state index in [4.69, 9.17) is 0 Å². The van der Waals surface area contributed by atoms with Crippen LogP contribution in [0, 0.1) is 0 Å². The summed E-state index contributed by atoms with van der Waals surface area (Å²) < 4.78 is 0. The minimum atomic E-state index is -0.414. The van der Waals surface area contributed by atoms with E-state index in [1.807, 2.05) is 44.2 Å². The Morgan fingerprint density at radius 2 is 1.64 bits per heavy atom. The van der Waals surface area contributed by atoms with Crippen molar-refractivity contribution in [3.63, 3.8) is 0 Å². The molecule has 0 amide bonds. The Morgan fingerprint density at radius 1 is 0.964 bits per heavy atom. The average molecular weight is 378 g/mol. The first-order chi connectivity index (χ1) is 13.6. The van der Waals surface area contributed by atoms with Gasteiger partial charge in [0.1, 0.15) is 0 Å². The number of H-pyrrole nitrogens is 1. The van der Waals surface area contributed by atoms with Gasteiger partial charge >= 0.3 is 0 Å². The second kappa shape index (κ2) is 10.6. The standard InChI is InChI=1S/C20H17NO2.C3H8.C2H6/c22-19(11-13-8-9-14-4-3-5-15(14)10-13)20(23)17-12-21-18-7-2-1-6-16(17)18;1-3-2;1-2/h1-2,6-10,12,21H,3-5,11H2;3H2,1-2H3;1-2H3. The smallest absolute Gasteiger partial charge is 0.231 e. The molecule has 0 unspecified atom stereocenters. The largest absolute Gasteiger partial charge is 0.360 e. The number of benzene rings is 2. The molecule has 4 rings (SSSR count). The fourth-order valence-electron chi connectivity index (χ4n) is 3.41. The van der Waals surface area contributed by atoms with Crippen LogP contribution < -0.4 is 0 Å². The van der Waals surface area contributed by atoms with Crippen molar-refractivity contribution >= 4 is 22.5 Å². The Balaban J connectivity index is 0.000000514. The number of para-hydroxylation sites is 1. The number of hydrogen-bond acceptors (Lipinski definition) is 2. The fourth-order valence-corrected chi connectivity index (χ4v) is 3.41. The predicted molar refractivity (Wildman–Crippen MR) is 117 cm³/mol. The molecule has 0 aliphatic heterocycles. The van der Waals surface area contributed by atoms with Crippen molar-refractivity contribution in [1.29, 1.82) is 0 Å². The monoisotopic (exact) mass is 377 g/mol. The summed E-state index contributed by atoms with van der Waals surface area (Å²) in [5.74, 6) is -0.768. The van der Waals surface area contributed by atoms with Gasteiger partial charge in [-0.25, -0.2) is 0 Å². The van der Waals surface area contributed by atoms with Gasteiger partial charge in [0.25, 0.3) is 0 Å². The van der Waals surface area contributed by atoms with Crippen LogP contribution in [0.2, 0.25) is 0 Å². The maximum atomic E-state index is 12.5. The zero-order valence-corrected chi connectivity index (χ0v) is 17.5. The van der Waals surface area contributed by atoms with Crippen LogP contribution in [0.1, 0.15) is 67.6 Å². The first-order valence-electron chi connectivity index (χ1n) is 10.4. The Labute approximate surface area is 168 Å². The molecule has 0 spiro atoms. The van der Waals surface area contributed by atoms with Crippen molar-refractivity contribution in [3.8, 4) is 0 Å². The normalized spacial score (nSPS) is 11.7. The van der Waals surface area contributed by atoms with Gasteiger partial charge in [-0.05, 0) is 42.0 Å². The second-order valence-corrected chi connectivity index (χ2v) is 6.84. The number of carbonyl (C=O) groups excluding carboxylic acids is 2. The highest BCUT2D eigenvalue weighted by atomic mass is 16.2. The number of fused-ring (bicyclic) bond motifs is 2. The lowest BCUT2D eigenvalue weighted by atomic mass is 9.98. The van der Waals surface area contributed by atoms with Crippen LogP contribution in [0.5, 0.6) is 0 Å². The number of aryl methyl sites for hydroxylation is 2. The van der Waals surface area contributed by atoms with Crippen molar-refractivity contribution in [1.82, 2.24) is 4.98 Å². The predicted octanol–water partition coefficient (Wildman–Crippen LogP) is 6.09. The molecule has 0 bridgehead atoms. The highest BCUT2D eigenvalue weighted by Crippen LogP contribution is 2.24. The summed E-state index contributed by atoms with van der Waals surface area (Å²) in [5, 5.41) is 0.805. The van der Waals surface area contributed by atoms with E-state index in [-0.39, 0.29) is 12.2 Å². The maximum Gasteiger partial charge on any atom is 0.231 e. The molecule has 1 heterocycles. The molecular weight excluding hydrogens is 346 g/mol. The van der Waals surface area contributed by atoms with Crippen LogP contribution in [0.15, 0.2) is 48.7 Å². The summed E-state index contributed by atoms with van der Waals surface area (Å²) in [6.07, 6.45) is 6.44. The topological polar surface area (TPSA) is 49.9 Å². The lowest BCUT2D eigenvalue weighted by Gasteiger charge is -2.04. The molecule has 148 valence electrons. The van der Waals surface area contributed by atoms with E-state index in [9.17, 15) is 9.59 Å². The molecule has 0 radical (unpaired) electrons. The third kappa shape index (κ3) is 4.98. The van der Waals surface area contributed by atoms with Crippen molar-refractivity contribution in [2.24, 2.45) is 0 Å². The van der Waals surface area contributed by atoms with Crippen LogP contribution >= 0.6 is 0 Å². The highest BCUT2D eigenvalue weighted by Gasteiger charge is 2.20. The molecule has 0 saturated heterocycles. The molecule has 2 aromatic carbocycles. The molecular formula is C25H31NO2. The summed E-state index contributed by atoms with van der Waals surface area (Å²) in [5.41, 5.74) is 4.98. The Morgan fingerprint density at radius 3 is 2.39 bits per heavy atom. The second-order valence-electron chi connectivity index (χ2n) is 6.84. The molecule has 1 aliphatic rings. The molecule has 1 aliphatic carbocycles. The summed E-state index contributed by atoms with van der Waals surface area (Å²) >= 11 is 0. The van der Waals surface area contributed by atoms with E-state index < -0.39 is 5.78 Å². The molecule has 28 heavy (non-hydrogen) atoms. The number of nitrogens with one attached hydrogen (secondary N) is 1. The van der Waals surface area contributed by atoms with E-state index in [2.05, 4.69) is 31.0 Å². The third-order valence-corrected chi connectivity index (χ3v) is 4.61. The van der Waals surface area contributed by atoms with Gasteiger partial charge in [-0.2, -0.15) is 0 Å². The van der Waals surface area contributed by atoms with Crippen molar-refractivity contribution < 1.29 is 9.59 Å². The SMILES string of the molecule is CC.CCC.O=C(Cc1ccc2c(c1)CCC2)C(=O)c1c[nH]c2ccccc12. The van der Waals surface area contributed by atoms with Gasteiger partial charge in [-0.3, -0.25) is 9.59 Å². The van der Waals surface area contributed by atoms with Gasteiger partial charge in [0.05, 0.1) is 5.56 Å². The first kappa shape index (κ1) is 21.6. The van der Waals surface area contributed by atoms with Crippen molar-refractivity contribution in [2.75, 3.05) is 0 Å². The Bertz CT molecular complexity index is 937. The van der Waals surface area contributed by atoms with Gasteiger partial charge in [-0.1, -0.05) is 70.5 Å². The number of aromatic amines is 1. The summed E-state index contributed by atoms with van der Waals surface area (Å²) in [7, 11) is 0. The highest BCUT2D eigenvalue weighted by molar-refractivity contribution is 6.46. The molecule has 3 heteroatoms. The number of rotatable bonds is 4. The lowest BCUT2D eigenvalue weighted by molar-refractivity contribution is -0.114.